The van der Waals surface area contributed by atoms with Gasteiger partial charge in [0.25, 0.3) is 0 Å². The smallest absolute Gasteiger partial charge is 0.199 e. The third-order valence-corrected chi connectivity index (χ3v) is 4.32. The number of hydrogen-bond acceptors (Lipinski definition) is 2. The number of aromatic amines is 1. The summed E-state index contributed by atoms with van der Waals surface area (Å²) in [4.78, 5) is 2.94. The third-order valence-electron chi connectivity index (χ3n) is 4.32. The van der Waals surface area contributed by atoms with Crippen molar-refractivity contribution in [3.8, 4) is 5.88 Å². The summed E-state index contributed by atoms with van der Waals surface area (Å²) in [6.45, 7) is 0. The lowest BCUT2D eigenvalue weighted by Crippen LogP contribution is -2.02. The predicted molar refractivity (Wildman–Crippen MR) is 84.4 cm³/mol. The molecule has 4 rings (SSSR count). The molecule has 0 saturated carbocycles. The van der Waals surface area contributed by atoms with Crippen LogP contribution in [-0.2, 0) is 12.8 Å². The highest BCUT2D eigenvalue weighted by molar-refractivity contribution is 6.19. The zero-order chi connectivity index (χ0) is 14.4. The highest BCUT2D eigenvalue weighted by Crippen LogP contribution is 2.30. The van der Waals surface area contributed by atoms with Crippen LogP contribution in [0.25, 0.3) is 10.9 Å². The molecule has 1 aliphatic rings. The Bertz CT molecular complexity index is 861. The monoisotopic (exact) mass is 276 g/mol. The van der Waals surface area contributed by atoms with Crippen molar-refractivity contribution < 1.29 is 5.11 Å². The van der Waals surface area contributed by atoms with Crippen LogP contribution >= 0.6 is 0 Å². The fourth-order valence-electron chi connectivity index (χ4n) is 3.25. The molecule has 3 heteroatoms. The van der Waals surface area contributed by atoms with Crippen molar-refractivity contribution in [3.05, 3.63) is 64.7 Å². The van der Waals surface area contributed by atoms with Gasteiger partial charge in [-0.05, 0) is 42.5 Å². The van der Waals surface area contributed by atoms with Crippen LogP contribution < -0.4 is 0 Å². The molecule has 0 bridgehead atoms. The summed E-state index contributed by atoms with van der Waals surface area (Å²) in [6, 6.07) is 13.9. The van der Waals surface area contributed by atoms with E-state index in [0.29, 0.717) is 11.3 Å². The molecule has 3 aromatic rings. The number of aromatic nitrogens is 1. The molecule has 3 nitrogen and oxygen atoms in total. The Hall–Kier alpha value is -2.55. The maximum atomic E-state index is 10.2. The van der Waals surface area contributed by atoms with E-state index in [2.05, 4.69) is 17.1 Å². The predicted octanol–water partition coefficient (Wildman–Crippen LogP) is 3.78. The van der Waals surface area contributed by atoms with Gasteiger partial charge in [0, 0.05) is 16.5 Å². The van der Waals surface area contributed by atoms with E-state index in [4.69, 9.17) is 5.41 Å². The molecule has 0 spiro atoms. The largest absolute Gasteiger partial charge is 0.494 e. The van der Waals surface area contributed by atoms with Gasteiger partial charge in [-0.25, -0.2) is 0 Å². The quantitative estimate of drug-likeness (QED) is 0.613. The maximum Gasteiger partial charge on any atom is 0.199 e. The highest BCUT2D eigenvalue weighted by atomic mass is 16.3. The lowest BCUT2D eigenvalue weighted by atomic mass is 9.98. The lowest BCUT2D eigenvalue weighted by Gasteiger charge is -2.07. The molecule has 0 radical (unpaired) electrons. The van der Waals surface area contributed by atoms with Gasteiger partial charge in [-0.1, -0.05) is 30.3 Å². The van der Waals surface area contributed by atoms with Gasteiger partial charge in [-0.2, -0.15) is 0 Å². The van der Waals surface area contributed by atoms with Crippen LogP contribution in [0.1, 0.15) is 28.7 Å². The Kier molecular flexibility index (Phi) is 2.61. The number of hydrogen-bond donors (Lipinski definition) is 3. The Morgan fingerprint density at radius 1 is 1.05 bits per heavy atom. The molecule has 2 aromatic carbocycles. The van der Waals surface area contributed by atoms with Gasteiger partial charge in [0.1, 0.15) is 0 Å². The van der Waals surface area contributed by atoms with Gasteiger partial charge in [0.05, 0.1) is 11.3 Å². The molecule has 0 fully saturated rings. The Morgan fingerprint density at radius 3 is 2.76 bits per heavy atom. The first-order chi connectivity index (χ1) is 10.2. The number of fused-ring (bicyclic) bond motifs is 2. The number of rotatable bonds is 2. The van der Waals surface area contributed by atoms with Crippen LogP contribution in [0.3, 0.4) is 0 Å². The summed E-state index contributed by atoms with van der Waals surface area (Å²) in [6.07, 6.45) is 3.43. The topological polar surface area (TPSA) is 59.9 Å². The van der Waals surface area contributed by atoms with E-state index in [0.717, 1.165) is 29.3 Å². The number of para-hydroxylation sites is 1. The van der Waals surface area contributed by atoms with Gasteiger partial charge in [-0.15, -0.1) is 0 Å². The molecule has 0 saturated heterocycles. The molecule has 1 aromatic heterocycles. The van der Waals surface area contributed by atoms with Crippen molar-refractivity contribution >= 4 is 16.6 Å². The van der Waals surface area contributed by atoms with E-state index in [1.165, 1.54) is 17.5 Å². The van der Waals surface area contributed by atoms with Crippen molar-refractivity contribution in [2.45, 2.75) is 19.3 Å². The highest BCUT2D eigenvalue weighted by Gasteiger charge is 2.18. The standard InChI is InChI=1S/C18H16N2O/c19-17(13-9-8-11-4-3-5-12(11)10-13)16-14-6-1-2-7-15(14)20-18(16)21/h1-2,6-10,19-21H,3-5H2. The van der Waals surface area contributed by atoms with Crippen LogP contribution in [-0.4, -0.2) is 15.8 Å². The van der Waals surface area contributed by atoms with E-state index in [1.54, 1.807) is 0 Å². The van der Waals surface area contributed by atoms with Crippen molar-refractivity contribution in [3.63, 3.8) is 0 Å². The van der Waals surface area contributed by atoms with Crippen molar-refractivity contribution in [1.82, 2.24) is 4.98 Å². The Morgan fingerprint density at radius 2 is 1.86 bits per heavy atom. The van der Waals surface area contributed by atoms with Gasteiger partial charge >= 0.3 is 0 Å². The van der Waals surface area contributed by atoms with Gasteiger partial charge in [0.15, 0.2) is 5.88 Å². The number of benzene rings is 2. The molecule has 0 unspecified atom stereocenters. The average molecular weight is 276 g/mol. The minimum absolute atomic E-state index is 0.0710. The summed E-state index contributed by atoms with van der Waals surface area (Å²) in [5, 5.41) is 19.5. The zero-order valence-corrected chi connectivity index (χ0v) is 11.6. The third kappa shape index (κ3) is 1.85. The summed E-state index contributed by atoms with van der Waals surface area (Å²) in [5.41, 5.74) is 5.43. The SMILES string of the molecule is N=C(c1ccc2c(c1)CCC2)c1c(O)[nH]c2ccccc12. The van der Waals surface area contributed by atoms with Crippen LogP contribution in [0.2, 0.25) is 0 Å². The molecule has 0 amide bonds. The molecule has 1 heterocycles. The van der Waals surface area contributed by atoms with Crippen molar-refractivity contribution in [2.24, 2.45) is 0 Å². The van der Waals surface area contributed by atoms with Crippen LogP contribution in [0.5, 0.6) is 5.88 Å². The number of H-pyrrole nitrogens is 1. The van der Waals surface area contributed by atoms with E-state index >= 15 is 0 Å². The van der Waals surface area contributed by atoms with Crippen LogP contribution in [0.15, 0.2) is 42.5 Å². The number of nitrogens with one attached hydrogen (secondary N) is 2. The van der Waals surface area contributed by atoms with E-state index in [9.17, 15) is 5.11 Å². The molecule has 1 aliphatic carbocycles. The fraction of sp³-hybridized carbons (Fsp3) is 0.167. The lowest BCUT2D eigenvalue weighted by molar-refractivity contribution is 0.457. The molecule has 3 N–H and O–H groups in total. The van der Waals surface area contributed by atoms with Crippen molar-refractivity contribution in [2.75, 3.05) is 0 Å². The number of aryl methyl sites for hydroxylation is 2. The van der Waals surface area contributed by atoms with E-state index in [-0.39, 0.29) is 5.88 Å². The Balaban J connectivity index is 1.85. The summed E-state index contributed by atoms with van der Waals surface area (Å²) < 4.78 is 0. The molecule has 0 aliphatic heterocycles. The first-order valence-corrected chi connectivity index (χ1v) is 7.25. The molecule has 0 atom stereocenters. The molecule has 21 heavy (non-hydrogen) atoms. The Labute approximate surface area is 122 Å². The minimum atomic E-state index is 0.0710. The van der Waals surface area contributed by atoms with E-state index < -0.39 is 0 Å². The van der Waals surface area contributed by atoms with Crippen LogP contribution in [0, 0.1) is 5.41 Å². The molecular formula is C18H16N2O. The summed E-state index contributed by atoms with van der Waals surface area (Å²) in [5.74, 6) is 0.0710. The molecular weight excluding hydrogens is 260 g/mol. The first-order valence-electron chi connectivity index (χ1n) is 7.25. The van der Waals surface area contributed by atoms with Crippen molar-refractivity contribution in [1.29, 1.82) is 5.41 Å². The fourth-order valence-corrected chi connectivity index (χ4v) is 3.25. The van der Waals surface area contributed by atoms with Gasteiger partial charge in [-0.3, -0.25) is 5.41 Å². The second-order valence-corrected chi connectivity index (χ2v) is 5.61. The first kappa shape index (κ1) is 12.2. The van der Waals surface area contributed by atoms with Crippen LogP contribution in [0.4, 0.5) is 0 Å². The van der Waals surface area contributed by atoms with Gasteiger partial charge < -0.3 is 10.1 Å². The second-order valence-electron chi connectivity index (χ2n) is 5.61. The normalized spacial score (nSPS) is 13.5. The zero-order valence-electron chi connectivity index (χ0n) is 11.6. The maximum absolute atomic E-state index is 10.2. The summed E-state index contributed by atoms with van der Waals surface area (Å²) in [7, 11) is 0. The molecule has 104 valence electrons. The summed E-state index contributed by atoms with van der Waals surface area (Å²) >= 11 is 0. The van der Waals surface area contributed by atoms with E-state index in [1.807, 2.05) is 30.3 Å². The minimum Gasteiger partial charge on any atom is -0.494 e. The average Bonchev–Trinajstić information content (AvgIpc) is 3.08. The second kappa shape index (κ2) is 4.48. The number of aromatic hydroxyl groups is 1. The van der Waals surface area contributed by atoms with Gasteiger partial charge in [0.2, 0.25) is 0 Å².